The van der Waals surface area contributed by atoms with Gasteiger partial charge >= 0.3 is 0 Å². The minimum Gasteiger partial charge on any atom is -0.356 e. The zero-order valence-electron chi connectivity index (χ0n) is 17.1. The Labute approximate surface area is 194 Å². The van der Waals surface area contributed by atoms with E-state index in [1.165, 1.54) is 29.3 Å². The molecule has 2 aromatic heterocycles. The number of nitrogens with one attached hydrogen (secondary N) is 2. The van der Waals surface area contributed by atoms with Crippen molar-refractivity contribution in [3.8, 4) is 0 Å². The fraction of sp³-hybridized carbons (Fsp3) is 0.600. The van der Waals surface area contributed by atoms with Crippen LogP contribution in [0.1, 0.15) is 54.2 Å². The Hall–Kier alpha value is -0.710. The molecule has 0 spiro atoms. The van der Waals surface area contributed by atoms with Gasteiger partial charge in [-0.15, -0.1) is 46.7 Å². The molecule has 0 amide bonds. The molecule has 1 fully saturated rings. The number of thiazole rings is 1. The molecule has 156 valence electrons. The number of aliphatic imine (C=N–C) groups is 1. The van der Waals surface area contributed by atoms with Gasteiger partial charge in [-0.2, -0.15) is 0 Å². The molecule has 1 saturated heterocycles. The lowest BCUT2D eigenvalue weighted by Gasteiger charge is -2.39. The van der Waals surface area contributed by atoms with Crippen molar-refractivity contribution < 1.29 is 0 Å². The molecule has 0 saturated carbocycles. The molecule has 0 aromatic carbocycles. The lowest BCUT2D eigenvalue weighted by Crippen LogP contribution is -2.44. The van der Waals surface area contributed by atoms with Gasteiger partial charge in [0.25, 0.3) is 0 Å². The van der Waals surface area contributed by atoms with Gasteiger partial charge in [-0.05, 0) is 43.8 Å². The standard InChI is InChI=1S/C20H31N5S2.HI/c1-14(2)19-24-16(13-27-19)12-23-20(21-3)22-11-15-7-5-9-25(4)18(15)17-8-6-10-26-17;/h6,8,10,13-15,18H,5,7,9,11-12H2,1-4H3,(H2,21,22,23);1H. The Balaban J connectivity index is 0.00000280. The molecular formula is C20H32IN5S2. The molecule has 1 aliphatic heterocycles. The van der Waals surface area contributed by atoms with Gasteiger partial charge in [-0.3, -0.25) is 9.89 Å². The molecule has 5 nitrogen and oxygen atoms in total. The van der Waals surface area contributed by atoms with Crippen molar-refractivity contribution in [2.24, 2.45) is 10.9 Å². The van der Waals surface area contributed by atoms with E-state index in [-0.39, 0.29) is 24.0 Å². The summed E-state index contributed by atoms with van der Waals surface area (Å²) in [7, 11) is 4.08. The average molecular weight is 534 g/mol. The van der Waals surface area contributed by atoms with Crippen LogP contribution in [-0.4, -0.2) is 43.0 Å². The molecule has 2 N–H and O–H groups in total. The summed E-state index contributed by atoms with van der Waals surface area (Å²) in [6.45, 7) is 7.18. The van der Waals surface area contributed by atoms with Crippen molar-refractivity contribution in [2.75, 3.05) is 27.2 Å². The molecule has 1 aliphatic rings. The van der Waals surface area contributed by atoms with Crippen LogP contribution in [0, 0.1) is 5.92 Å². The molecule has 0 radical (unpaired) electrons. The average Bonchev–Trinajstić information content (AvgIpc) is 3.34. The summed E-state index contributed by atoms with van der Waals surface area (Å²) >= 11 is 3.60. The molecular weight excluding hydrogens is 501 g/mol. The predicted octanol–water partition coefficient (Wildman–Crippen LogP) is 4.69. The van der Waals surface area contributed by atoms with E-state index >= 15 is 0 Å². The predicted molar refractivity (Wildman–Crippen MR) is 132 cm³/mol. The number of hydrogen-bond donors (Lipinski definition) is 2. The van der Waals surface area contributed by atoms with Crippen LogP contribution >= 0.6 is 46.7 Å². The Morgan fingerprint density at radius 2 is 2.18 bits per heavy atom. The van der Waals surface area contributed by atoms with Gasteiger partial charge in [0, 0.05) is 35.8 Å². The molecule has 2 atom stereocenters. The molecule has 8 heteroatoms. The highest BCUT2D eigenvalue weighted by Gasteiger charge is 2.31. The number of halogens is 1. The molecule has 2 aromatic rings. The van der Waals surface area contributed by atoms with Crippen LogP contribution in [-0.2, 0) is 6.54 Å². The van der Waals surface area contributed by atoms with Crippen LogP contribution in [0.4, 0.5) is 0 Å². The number of guanidine groups is 1. The first kappa shape index (κ1) is 23.6. The number of rotatable bonds is 6. The van der Waals surface area contributed by atoms with Gasteiger partial charge < -0.3 is 10.6 Å². The summed E-state index contributed by atoms with van der Waals surface area (Å²) in [4.78, 5) is 13.1. The van der Waals surface area contributed by atoms with Crippen molar-refractivity contribution in [3.05, 3.63) is 38.5 Å². The third kappa shape index (κ3) is 6.14. The topological polar surface area (TPSA) is 52.6 Å². The monoisotopic (exact) mass is 533 g/mol. The Kier molecular flexibility index (Phi) is 9.65. The first-order valence-electron chi connectivity index (χ1n) is 9.71. The highest BCUT2D eigenvalue weighted by molar-refractivity contribution is 14.0. The molecule has 2 unspecified atom stereocenters. The summed E-state index contributed by atoms with van der Waals surface area (Å²) in [5, 5.41) is 12.5. The quantitative estimate of drug-likeness (QED) is 0.321. The van der Waals surface area contributed by atoms with E-state index in [1.54, 1.807) is 11.3 Å². The Morgan fingerprint density at radius 1 is 1.36 bits per heavy atom. The summed E-state index contributed by atoms with van der Waals surface area (Å²) in [6, 6.07) is 4.93. The van der Waals surface area contributed by atoms with E-state index in [9.17, 15) is 0 Å². The Bertz CT molecular complexity index is 729. The Morgan fingerprint density at radius 3 is 2.82 bits per heavy atom. The maximum atomic E-state index is 4.69. The summed E-state index contributed by atoms with van der Waals surface area (Å²) in [6.07, 6.45) is 2.51. The molecule has 0 bridgehead atoms. The number of thiophene rings is 1. The third-order valence-corrected chi connectivity index (χ3v) is 7.23. The molecule has 3 heterocycles. The van der Waals surface area contributed by atoms with E-state index in [4.69, 9.17) is 0 Å². The minimum absolute atomic E-state index is 0. The first-order chi connectivity index (χ1) is 13.1. The van der Waals surface area contributed by atoms with E-state index in [0.717, 1.165) is 18.2 Å². The second-order valence-electron chi connectivity index (χ2n) is 7.48. The van der Waals surface area contributed by atoms with Gasteiger partial charge in [0.2, 0.25) is 0 Å². The second-order valence-corrected chi connectivity index (χ2v) is 9.35. The van der Waals surface area contributed by atoms with E-state index in [0.29, 0.717) is 24.4 Å². The van der Waals surface area contributed by atoms with Crippen molar-refractivity contribution in [2.45, 2.75) is 45.2 Å². The van der Waals surface area contributed by atoms with Crippen LogP contribution in [0.25, 0.3) is 0 Å². The normalized spacial score (nSPS) is 20.8. The lowest BCUT2D eigenvalue weighted by molar-refractivity contribution is 0.125. The number of hydrogen-bond acceptors (Lipinski definition) is 5. The number of nitrogens with zero attached hydrogens (tertiary/aromatic N) is 3. The summed E-state index contributed by atoms with van der Waals surface area (Å²) in [5.74, 6) is 1.93. The summed E-state index contributed by atoms with van der Waals surface area (Å²) in [5.41, 5.74) is 1.08. The first-order valence-corrected chi connectivity index (χ1v) is 11.5. The zero-order valence-corrected chi connectivity index (χ0v) is 21.1. The molecule has 3 rings (SSSR count). The van der Waals surface area contributed by atoms with Crippen molar-refractivity contribution in [1.82, 2.24) is 20.5 Å². The van der Waals surface area contributed by atoms with E-state index in [1.807, 2.05) is 18.4 Å². The van der Waals surface area contributed by atoms with Gasteiger partial charge in [-0.1, -0.05) is 19.9 Å². The van der Waals surface area contributed by atoms with E-state index in [2.05, 4.69) is 69.3 Å². The van der Waals surface area contributed by atoms with Crippen LogP contribution < -0.4 is 10.6 Å². The van der Waals surface area contributed by atoms with E-state index < -0.39 is 0 Å². The maximum absolute atomic E-state index is 4.69. The lowest BCUT2D eigenvalue weighted by atomic mass is 9.88. The highest BCUT2D eigenvalue weighted by atomic mass is 127. The number of aromatic nitrogens is 1. The number of piperidine rings is 1. The number of likely N-dealkylation sites (tertiary alicyclic amines) is 1. The van der Waals surface area contributed by atoms with Gasteiger partial charge in [0.15, 0.2) is 5.96 Å². The van der Waals surface area contributed by atoms with Gasteiger partial charge in [-0.25, -0.2) is 4.98 Å². The minimum atomic E-state index is 0. The van der Waals surface area contributed by atoms with Gasteiger partial charge in [0.1, 0.15) is 0 Å². The second kappa shape index (κ2) is 11.5. The molecule has 28 heavy (non-hydrogen) atoms. The highest BCUT2D eigenvalue weighted by Crippen LogP contribution is 2.36. The van der Waals surface area contributed by atoms with Crippen molar-refractivity contribution in [3.63, 3.8) is 0 Å². The van der Waals surface area contributed by atoms with Gasteiger partial charge in [0.05, 0.1) is 17.2 Å². The zero-order chi connectivity index (χ0) is 19.2. The third-order valence-electron chi connectivity index (χ3n) is 5.10. The smallest absolute Gasteiger partial charge is 0.191 e. The van der Waals surface area contributed by atoms with Crippen molar-refractivity contribution >= 4 is 52.6 Å². The SMILES string of the molecule is CN=C(NCc1csc(C(C)C)n1)NCC1CCCN(C)C1c1cccs1.I. The fourth-order valence-electron chi connectivity index (χ4n) is 3.67. The molecule has 0 aliphatic carbocycles. The van der Waals surface area contributed by atoms with Crippen LogP contribution in [0.2, 0.25) is 0 Å². The largest absolute Gasteiger partial charge is 0.356 e. The summed E-state index contributed by atoms with van der Waals surface area (Å²) < 4.78 is 0. The fourth-order valence-corrected chi connectivity index (χ4v) is 5.49. The van der Waals surface area contributed by atoms with Crippen LogP contribution in [0.5, 0.6) is 0 Å². The van der Waals surface area contributed by atoms with Crippen LogP contribution in [0.15, 0.2) is 27.9 Å². The maximum Gasteiger partial charge on any atom is 0.191 e. The van der Waals surface area contributed by atoms with Crippen LogP contribution in [0.3, 0.4) is 0 Å². The van der Waals surface area contributed by atoms with Crippen molar-refractivity contribution in [1.29, 1.82) is 0 Å².